The lowest BCUT2D eigenvalue weighted by Crippen LogP contribution is -2.58. The summed E-state index contributed by atoms with van der Waals surface area (Å²) in [4.78, 5) is 0.307. The molecular weight excluding hydrogens is 354 g/mol. The molecule has 0 atom stereocenters. The van der Waals surface area contributed by atoms with Crippen LogP contribution in [0.1, 0.15) is 33.3 Å². The zero-order valence-electron chi connectivity index (χ0n) is 13.1. The molecule has 1 aliphatic rings. The van der Waals surface area contributed by atoms with Gasteiger partial charge in [0.2, 0.25) is 10.0 Å². The van der Waals surface area contributed by atoms with E-state index >= 15 is 0 Å². The van der Waals surface area contributed by atoms with Crippen molar-refractivity contribution in [1.29, 1.82) is 0 Å². The lowest BCUT2D eigenvalue weighted by Gasteiger charge is -2.46. The van der Waals surface area contributed by atoms with Gasteiger partial charge in [-0.2, -0.15) is 4.31 Å². The van der Waals surface area contributed by atoms with Crippen molar-refractivity contribution < 1.29 is 13.2 Å². The molecule has 0 aromatic heterocycles. The third kappa shape index (κ3) is 3.67. The number of halogens is 1. The van der Waals surface area contributed by atoms with E-state index in [0.29, 0.717) is 22.5 Å². The number of morpholine rings is 1. The predicted octanol–water partition coefficient (Wildman–Crippen LogP) is 3.34. The first-order valence-corrected chi connectivity index (χ1v) is 9.13. The first-order valence-electron chi connectivity index (χ1n) is 6.89. The third-order valence-corrected chi connectivity index (χ3v) is 6.14. The van der Waals surface area contributed by atoms with E-state index in [4.69, 9.17) is 4.74 Å². The van der Waals surface area contributed by atoms with E-state index in [1.807, 2.05) is 46.8 Å². The van der Waals surface area contributed by atoms with Crippen molar-refractivity contribution in [3.63, 3.8) is 0 Å². The Balaban J connectivity index is 2.43. The van der Waals surface area contributed by atoms with Crippen molar-refractivity contribution in [2.75, 3.05) is 13.1 Å². The Morgan fingerprint density at radius 3 is 2.14 bits per heavy atom. The quantitative estimate of drug-likeness (QED) is 0.796. The predicted molar refractivity (Wildman–Crippen MR) is 86.9 cm³/mol. The number of hydrogen-bond donors (Lipinski definition) is 0. The number of aryl methyl sites for hydroxylation is 1. The summed E-state index contributed by atoms with van der Waals surface area (Å²) >= 11 is 3.37. The second-order valence-electron chi connectivity index (χ2n) is 6.83. The molecule has 2 rings (SSSR count). The van der Waals surface area contributed by atoms with Gasteiger partial charge >= 0.3 is 0 Å². The first kappa shape index (κ1) is 16.9. The summed E-state index contributed by atoms with van der Waals surface area (Å²) in [7, 11) is -3.55. The Morgan fingerprint density at radius 1 is 1.14 bits per heavy atom. The summed E-state index contributed by atoms with van der Waals surface area (Å²) in [5.74, 6) is 0. The van der Waals surface area contributed by atoms with Gasteiger partial charge in [0, 0.05) is 17.6 Å². The van der Waals surface area contributed by atoms with Crippen molar-refractivity contribution in [2.24, 2.45) is 0 Å². The smallest absolute Gasteiger partial charge is 0.244 e. The minimum absolute atomic E-state index is 0.307. The van der Waals surface area contributed by atoms with Crippen molar-refractivity contribution in [2.45, 2.75) is 50.7 Å². The fourth-order valence-corrected chi connectivity index (χ4v) is 5.73. The van der Waals surface area contributed by atoms with Gasteiger partial charge < -0.3 is 4.74 Å². The van der Waals surface area contributed by atoms with Crippen LogP contribution in [0, 0.1) is 6.92 Å². The van der Waals surface area contributed by atoms with Crippen LogP contribution in [0.3, 0.4) is 0 Å². The standard InChI is InChI=1S/C15H22BrNO3S/c1-11-6-7-13(12(16)8-11)21(18,19)17-9-14(2,3)20-15(4,5)10-17/h6-8H,9-10H2,1-5H3. The minimum Gasteiger partial charge on any atom is -0.367 e. The van der Waals surface area contributed by atoms with Crippen molar-refractivity contribution in [3.05, 3.63) is 28.2 Å². The first-order chi connectivity index (χ1) is 9.43. The number of hydrogen-bond acceptors (Lipinski definition) is 3. The second-order valence-corrected chi connectivity index (χ2v) is 9.59. The highest BCUT2D eigenvalue weighted by atomic mass is 79.9. The van der Waals surface area contributed by atoms with Crippen LogP contribution < -0.4 is 0 Å². The van der Waals surface area contributed by atoms with Crippen molar-refractivity contribution in [3.8, 4) is 0 Å². The van der Waals surface area contributed by atoms with E-state index in [-0.39, 0.29) is 0 Å². The summed E-state index contributed by atoms with van der Waals surface area (Å²) in [5.41, 5.74) is 0.00121. The van der Waals surface area contributed by atoms with E-state index in [1.165, 1.54) is 4.31 Å². The van der Waals surface area contributed by atoms with Gasteiger partial charge in [-0.15, -0.1) is 0 Å². The third-order valence-electron chi connectivity index (χ3n) is 3.37. The Bertz CT molecular complexity index is 637. The van der Waals surface area contributed by atoms with Crippen LogP contribution in [0.15, 0.2) is 27.6 Å². The molecular formula is C15H22BrNO3S. The molecule has 1 aromatic rings. The van der Waals surface area contributed by atoms with Crippen LogP contribution in [-0.4, -0.2) is 37.0 Å². The van der Waals surface area contributed by atoms with E-state index in [1.54, 1.807) is 6.07 Å². The lowest BCUT2D eigenvalue weighted by atomic mass is 10.0. The number of ether oxygens (including phenoxy) is 1. The molecule has 0 aliphatic carbocycles. The van der Waals surface area contributed by atoms with Gasteiger partial charge in [-0.3, -0.25) is 0 Å². The maximum absolute atomic E-state index is 12.9. The second kappa shape index (κ2) is 5.33. The molecule has 0 radical (unpaired) electrons. The SMILES string of the molecule is Cc1ccc(S(=O)(=O)N2CC(C)(C)OC(C)(C)C2)c(Br)c1. The fraction of sp³-hybridized carbons (Fsp3) is 0.600. The lowest BCUT2D eigenvalue weighted by molar-refractivity contribution is -0.163. The Hall–Kier alpha value is -0.430. The highest BCUT2D eigenvalue weighted by Crippen LogP contribution is 2.33. The van der Waals surface area contributed by atoms with Crippen LogP contribution in [0.4, 0.5) is 0 Å². The van der Waals surface area contributed by atoms with Gasteiger partial charge in [0.15, 0.2) is 0 Å². The zero-order valence-corrected chi connectivity index (χ0v) is 15.5. The molecule has 6 heteroatoms. The highest BCUT2D eigenvalue weighted by Gasteiger charge is 2.43. The summed E-state index contributed by atoms with van der Waals surface area (Å²) < 4.78 is 33.9. The largest absolute Gasteiger partial charge is 0.367 e. The Kier molecular flexibility index (Phi) is 4.30. The molecule has 1 fully saturated rings. The molecule has 1 saturated heterocycles. The zero-order chi connectivity index (χ0) is 16.1. The van der Waals surface area contributed by atoms with E-state index in [9.17, 15) is 8.42 Å². The van der Waals surface area contributed by atoms with Crippen molar-refractivity contribution >= 4 is 26.0 Å². The van der Waals surface area contributed by atoms with Gasteiger partial charge in [0.25, 0.3) is 0 Å². The highest BCUT2D eigenvalue weighted by molar-refractivity contribution is 9.10. The topological polar surface area (TPSA) is 46.6 Å². The number of sulfonamides is 1. The van der Waals surface area contributed by atoms with Gasteiger partial charge in [-0.05, 0) is 68.2 Å². The van der Waals surface area contributed by atoms with Gasteiger partial charge in [0.1, 0.15) is 0 Å². The monoisotopic (exact) mass is 375 g/mol. The summed E-state index contributed by atoms with van der Waals surface area (Å²) in [6.07, 6.45) is 0. The van der Waals surface area contributed by atoms with Crippen LogP contribution >= 0.6 is 15.9 Å². The summed E-state index contributed by atoms with van der Waals surface area (Å²) in [5, 5.41) is 0. The van der Waals surface area contributed by atoms with E-state index < -0.39 is 21.2 Å². The van der Waals surface area contributed by atoms with Gasteiger partial charge in [-0.25, -0.2) is 8.42 Å². The van der Waals surface area contributed by atoms with Gasteiger partial charge in [-0.1, -0.05) is 6.07 Å². The number of nitrogens with zero attached hydrogens (tertiary/aromatic N) is 1. The molecule has 0 saturated carbocycles. The van der Waals surface area contributed by atoms with E-state index in [2.05, 4.69) is 15.9 Å². The minimum atomic E-state index is -3.55. The Labute approximate surface area is 135 Å². The molecule has 118 valence electrons. The molecule has 1 aromatic carbocycles. The molecule has 4 nitrogen and oxygen atoms in total. The molecule has 0 spiro atoms. The molecule has 1 aliphatic heterocycles. The number of rotatable bonds is 2. The molecule has 21 heavy (non-hydrogen) atoms. The maximum Gasteiger partial charge on any atom is 0.244 e. The van der Waals surface area contributed by atoms with Crippen molar-refractivity contribution in [1.82, 2.24) is 4.31 Å². The molecule has 0 N–H and O–H groups in total. The average molecular weight is 376 g/mol. The van der Waals surface area contributed by atoms with Crippen LogP contribution in [0.2, 0.25) is 0 Å². The fourth-order valence-electron chi connectivity index (χ4n) is 2.84. The molecule has 1 heterocycles. The summed E-state index contributed by atoms with van der Waals surface area (Å²) in [6, 6.07) is 5.29. The van der Waals surface area contributed by atoms with Crippen LogP contribution in [0.25, 0.3) is 0 Å². The van der Waals surface area contributed by atoms with E-state index in [0.717, 1.165) is 5.56 Å². The summed E-state index contributed by atoms with van der Waals surface area (Å²) in [6.45, 7) is 10.3. The van der Waals surface area contributed by atoms with Gasteiger partial charge in [0.05, 0.1) is 16.1 Å². The van der Waals surface area contributed by atoms with Crippen LogP contribution in [0.5, 0.6) is 0 Å². The maximum atomic E-state index is 12.9. The molecule has 0 amide bonds. The van der Waals surface area contributed by atoms with Crippen LogP contribution in [-0.2, 0) is 14.8 Å². The Morgan fingerprint density at radius 2 is 1.67 bits per heavy atom. The number of benzene rings is 1. The normalized spacial score (nSPS) is 22.2. The average Bonchev–Trinajstić information content (AvgIpc) is 2.23. The molecule has 0 bridgehead atoms. The molecule has 0 unspecified atom stereocenters.